The first-order valence-corrected chi connectivity index (χ1v) is 6.68. The molecule has 0 saturated heterocycles. The average molecular weight is 282 g/mol. The molecule has 20 heavy (non-hydrogen) atoms. The normalized spacial score (nSPS) is 10.6. The molecule has 1 aromatic rings. The molecule has 0 aromatic carbocycles. The van der Waals surface area contributed by atoms with Crippen molar-refractivity contribution in [1.82, 2.24) is 14.9 Å². The quantitative estimate of drug-likeness (QED) is 0.403. The monoisotopic (exact) mass is 282 g/mol. The van der Waals surface area contributed by atoms with E-state index in [1.165, 1.54) is 6.33 Å². The predicted molar refractivity (Wildman–Crippen MR) is 79.1 cm³/mol. The number of rotatable bonds is 9. The highest BCUT2D eigenvalue weighted by Gasteiger charge is 2.21. The molecular weight excluding hydrogens is 260 g/mol. The molecule has 0 unspecified atom stereocenters. The molecule has 8 nitrogen and oxygen atoms in total. The van der Waals surface area contributed by atoms with Gasteiger partial charge < -0.3 is 15.5 Å². The number of unbranched alkanes of at least 4 members (excludes halogenated alkanes) is 1. The van der Waals surface area contributed by atoms with Gasteiger partial charge in [-0.2, -0.15) is 0 Å². The number of nitro groups is 1. The summed E-state index contributed by atoms with van der Waals surface area (Å²) in [6.07, 6.45) is 3.28. The van der Waals surface area contributed by atoms with E-state index >= 15 is 0 Å². The van der Waals surface area contributed by atoms with Gasteiger partial charge in [-0.25, -0.2) is 9.97 Å². The third-order valence-electron chi connectivity index (χ3n) is 2.67. The Kier molecular flexibility index (Phi) is 6.65. The number of hydrogen-bond donors (Lipinski definition) is 2. The predicted octanol–water partition coefficient (Wildman–Crippen LogP) is 1.57. The van der Waals surface area contributed by atoms with Crippen molar-refractivity contribution in [3.05, 3.63) is 16.4 Å². The van der Waals surface area contributed by atoms with Gasteiger partial charge in [0, 0.05) is 13.1 Å². The van der Waals surface area contributed by atoms with E-state index in [9.17, 15) is 10.1 Å². The third-order valence-corrected chi connectivity index (χ3v) is 2.67. The fourth-order valence-corrected chi connectivity index (χ4v) is 1.74. The van der Waals surface area contributed by atoms with Gasteiger partial charge in [0.2, 0.25) is 11.6 Å². The van der Waals surface area contributed by atoms with Crippen LogP contribution < -0.4 is 10.6 Å². The maximum absolute atomic E-state index is 11.1. The lowest BCUT2D eigenvalue weighted by molar-refractivity contribution is -0.383. The topological polar surface area (TPSA) is 96.2 Å². The van der Waals surface area contributed by atoms with Crippen LogP contribution in [0.25, 0.3) is 0 Å². The van der Waals surface area contributed by atoms with E-state index < -0.39 is 4.92 Å². The average Bonchev–Trinajstić information content (AvgIpc) is 2.38. The van der Waals surface area contributed by atoms with Gasteiger partial charge in [0.05, 0.1) is 4.92 Å². The summed E-state index contributed by atoms with van der Waals surface area (Å²) in [5.41, 5.74) is -0.0954. The largest absolute Gasteiger partial charge is 0.364 e. The zero-order chi connectivity index (χ0) is 15.0. The fraction of sp³-hybridized carbons (Fsp3) is 0.667. The second kappa shape index (κ2) is 8.26. The summed E-state index contributed by atoms with van der Waals surface area (Å²) in [4.78, 5) is 20.7. The molecule has 0 radical (unpaired) electrons. The lowest BCUT2D eigenvalue weighted by atomic mass is 10.3. The highest BCUT2D eigenvalue weighted by atomic mass is 16.6. The summed E-state index contributed by atoms with van der Waals surface area (Å²) in [6.45, 7) is 4.08. The van der Waals surface area contributed by atoms with E-state index in [0.717, 1.165) is 19.4 Å². The molecule has 0 fully saturated rings. The summed E-state index contributed by atoms with van der Waals surface area (Å²) in [5.74, 6) is 0.522. The van der Waals surface area contributed by atoms with Crippen molar-refractivity contribution in [3.63, 3.8) is 0 Å². The molecule has 1 aromatic heterocycles. The third kappa shape index (κ3) is 4.96. The van der Waals surface area contributed by atoms with Crippen LogP contribution in [0.4, 0.5) is 17.3 Å². The van der Waals surface area contributed by atoms with Crippen molar-refractivity contribution in [2.24, 2.45) is 0 Å². The van der Waals surface area contributed by atoms with Gasteiger partial charge in [-0.15, -0.1) is 0 Å². The first kappa shape index (κ1) is 16.1. The zero-order valence-corrected chi connectivity index (χ0v) is 12.2. The van der Waals surface area contributed by atoms with Crippen LogP contribution >= 0.6 is 0 Å². The number of nitrogens with one attached hydrogen (secondary N) is 2. The molecule has 0 amide bonds. The Balaban J connectivity index is 2.64. The van der Waals surface area contributed by atoms with Crippen LogP contribution in [0.2, 0.25) is 0 Å². The van der Waals surface area contributed by atoms with Crippen molar-refractivity contribution >= 4 is 17.3 Å². The van der Waals surface area contributed by atoms with Crippen LogP contribution in [0.15, 0.2) is 6.33 Å². The highest BCUT2D eigenvalue weighted by Crippen LogP contribution is 2.28. The lowest BCUT2D eigenvalue weighted by Crippen LogP contribution is -2.15. The van der Waals surface area contributed by atoms with Crippen LogP contribution in [-0.4, -0.2) is 53.5 Å². The van der Waals surface area contributed by atoms with Crippen LogP contribution in [0.1, 0.15) is 19.8 Å². The van der Waals surface area contributed by atoms with E-state index in [4.69, 9.17) is 0 Å². The van der Waals surface area contributed by atoms with Crippen molar-refractivity contribution in [3.8, 4) is 0 Å². The van der Waals surface area contributed by atoms with Gasteiger partial charge in [-0.3, -0.25) is 10.1 Å². The summed E-state index contributed by atoms with van der Waals surface area (Å²) >= 11 is 0. The summed E-state index contributed by atoms with van der Waals surface area (Å²) in [7, 11) is 4.04. The Bertz CT molecular complexity index is 438. The van der Waals surface area contributed by atoms with Crippen molar-refractivity contribution < 1.29 is 4.92 Å². The molecule has 0 aliphatic carbocycles. The molecule has 0 spiro atoms. The van der Waals surface area contributed by atoms with Gasteiger partial charge in [-0.05, 0) is 40.4 Å². The smallest absolute Gasteiger partial charge is 0.353 e. The molecule has 0 atom stereocenters. The molecular formula is C12H22N6O2. The van der Waals surface area contributed by atoms with Gasteiger partial charge in [-0.1, -0.05) is 0 Å². The minimum Gasteiger partial charge on any atom is -0.364 e. The Morgan fingerprint density at radius 3 is 2.45 bits per heavy atom. The van der Waals surface area contributed by atoms with Crippen LogP contribution in [0, 0.1) is 10.1 Å². The number of anilines is 2. The molecule has 0 bridgehead atoms. The molecule has 0 aliphatic heterocycles. The van der Waals surface area contributed by atoms with E-state index in [1.807, 2.05) is 21.0 Å². The number of aromatic nitrogens is 2. The minimum atomic E-state index is -0.458. The van der Waals surface area contributed by atoms with E-state index in [2.05, 4.69) is 25.5 Å². The molecule has 0 aliphatic rings. The Hall–Kier alpha value is -1.96. The fourth-order valence-electron chi connectivity index (χ4n) is 1.74. The van der Waals surface area contributed by atoms with Gasteiger partial charge >= 0.3 is 5.69 Å². The standard InChI is InChI=1S/C12H22N6O2/c1-4-13-11-10(18(19)20)12(16-9-15-11)14-7-5-6-8-17(2)3/h9H,4-8H2,1-3H3,(H2,13,14,15,16). The highest BCUT2D eigenvalue weighted by molar-refractivity contribution is 5.69. The molecule has 0 saturated carbocycles. The Labute approximate surface area is 118 Å². The van der Waals surface area contributed by atoms with Crippen molar-refractivity contribution in [1.29, 1.82) is 0 Å². The minimum absolute atomic E-state index is 0.0954. The first-order chi connectivity index (χ1) is 9.56. The molecule has 112 valence electrons. The SMILES string of the molecule is CCNc1ncnc(NCCCCN(C)C)c1[N+](=O)[O-]. The van der Waals surface area contributed by atoms with Crippen LogP contribution in [0.3, 0.4) is 0 Å². The van der Waals surface area contributed by atoms with Gasteiger partial charge in [0.1, 0.15) is 6.33 Å². The molecule has 1 rings (SSSR count). The van der Waals surface area contributed by atoms with Gasteiger partial charge in [0.25, 0.3) is 0 Å². The maximum Gasteiger partial charge on any atom is 0.353 e. The summed E-state index contributed by atoms with van der Waals surface area (Å²) < 4.78 is 0. The molecule has 1 heterocycles. The van der Waals surface area contributed by atoms with Crippen LogP contribution in [-0.2, 0) is 0 Å². The number of hydrogen-bond acceptors (Lipinski definition) is 7. The van der Waals surface area contributed by atoms with E-state index in [0.29, 0.717) is 13.1 Å². The number of nitrogens with zero attached hydrogens (tertiary/aromatic N) is 4. The molecule has 2 N–H and O–H groups in total. The second-order valence-electron chi connectivity index (χ2n) is 4.64. The Morgan fingerprint density at radius 1 is 1.25 bits per heavy atom. The molecule has 8 heteroatoms. The van der Waals surface area contributed by atoms with Crippen LogP contribution in [0.5, 0.6) is 0 Å². The first-order valence-electron chi connectivity index (χ1n) is 6.68. The Morgan fingerprint density at radius 2 is 1.90 bits per heavy atom. The van der Waals surface area contributed by atoms with E-state index in [-0.39, 0.29) is 17.3 Å². The summed E-state index contributed by atoms with van der Waals surface area (Å²) in [5, 5.41) is 17.0. The summed E-state index contributed by atoms with van der Waals surface area (Å²) in [6, 6.07) is 0. The maximum atomic E-state index is 11.1. The zero-order valence-electron chi connectivity index (χ0n) is 12.2. The van der Waals surface area contributed by atoms with Crippen molar-refractivity contribution in [2.45, 2.75) is 19.8 Å². The van der Waals surface area contributed by atoms with Crippen molar-refractivity contribution in [2.75, 3.05) is 44.4 Å². The van der Waals surface area contributed by atoms with Gasteiger partial charge in [0.15, 0.2) is 0 Å². The lowest BCUT2D eigenvalue weighted by Gasteiger charge is -2.10. The van der Waals surface area contributed by atoms with E-state index in [1.54, 1.807) is 0 Å². The second-order valence-corrected chi connectivity index (χ2v) is 4.64.